The molecule has 3 atom stereocenters. The van der Waals surface area contributed by atoms with Gasteiger partial charge in [0.2, 0.25) is 5.91 Å². The van der Waals surface area contributed by atoms with Crippen molar-refractivity contribution in [1.29, 1.82) is 0 Å². The van der Waals surface area contributed by atoms with Gasteiger partial charge in [0.25, 0.3) is 0 Å². The van der Waals surface area contributed by atoms with Crippen LogP contribution in [0, 0.1) is 0 Å². The molecule has 0 heterocycles. The third-order valence-electron chi connectivity index (χ3n) is 12.1. The van der Waals surface area contributed by atoms with Gasteiger partial charge in [0.1, 0.15) is 6.10 Å². The number of amides is 1. The number of nitrogens with one attached hydrogen (secondary N) is 1. The molecule has 0 aromatic heterocycles. The molecular formula is C58H103NO5. The number of esters is 1. The van der Waals surface area contributed by atoms with Crippen molar-refractivity contribution in [2.24, 2.45) is 0 Å². The molecule has 0 aromatic carbocycles. The first-order valence-corrected chi connectivity index (χ1v) is 27.2. The number of aliphatic hydroxyl groups excluding tert-OH is 2. The lowest BCUT2D eigenvalue weighted by Gasteiger charge is -2.24. The van der Waals surface area contributed by atoms with Crippen molar-refractivity contribution in [2.45, 2.75) is 277 Å². The van der Waals surface area contributed by atoms with E-state index in [9.17, 15) is 19.8 Å². The Morgan fingerprint density at radius 3 is 1.33 bits per heavy atom. The lowest BCUT2D eigenvalue weighted by molar-refractivity contribution is -0.151. The van der Waals surface area contributed by atoms with Crippen LogP contribution in [0.25, 0.3) is 0 Å². The number of unbranched alkanes of at least 4 members (excludes halogenated alkanes) is 28. The Labute approximate surface area is 396 Å². The molecule has 6 nitrogen and oxygen atoms in total. The highest BCUT2D eigenvalue weighted by Gasteiger charge is 2.24. The minimum absolute atomic E-state index is 0.0233. The molecule has 0 saturated carbocycles. The minimum atomic E-state index is -0.810. The summed E-state index contributed by atoms with van der Waals surface area (Å²) in [6.07, 6.45) is 65.5. The van der Waals surface area contributed by atoms with Gasteiger partial charge in [-0.05, 0) is 64.2 Å². The minimum Gasteiger partial charge on any atom is -0.462 e. The van der Waals surface area contributed by atoms with Gasteiger partial charge in [0, 0.05) is 6.42 Å². The van der Waals surface area contributed by atoms with Gasteiger partial charge in [0.05, 0.1) is 25.2 Å². The summed E-state index contributed by atoms with van der Waals surface area (Å²) in [4.78, 5) is 26.1. The summed E-state index contributed by atoms with van der Waals surface area (Å²) in [5.41, 5.74) is 0. The van der Waals surface area contributed by atoms with E-state index in [4.69, 9.17) is 4.74 Å². The summed E-state index contributed by atoms with van der Waals surface area (Å²) in [6, 6.07) is -0.729. The highest BCUT2D eigenvalue weighted by molar-refractivity contribution is 5.77. The number of ether oxygens (including phenoxy) is 1. The van der Waals surface area contributed by atoms with Crippen molar-refractivity contribution < 1.29 is 24.5 Å². The zero-order chi connectivity index (χ0) is 46.7. The molecule has 64 heavy (non-hydrogen) atoms. The number of carbonyl (C=O) groups excluding carboxylic acids is 2. The molecule has 6 heteroatoms. The zero-order valence-electron chi connectivity index (χ0n) is 42.1. The largest absolute Gasteiger partial charge is 0.462 e. The van der Waals surface area contributed by atoms with Crippen molar-refractivity contribution in [2.75, 3.05) is 6.61 Å². The molecule has 3 unspecified atom stereocenters. The first-order chi connectivity index (χ1) is 31.5. The van der Waals surface area contributed by atoms with Gasteiger partial charge in [-0.3, -0.25) is 9.59 Å². The summed E-state index contributed by atoms with van der Waals surface area (Å²) in [5.74, 6) is -0.559. The maximum atomic E-state index is 13.2. The molecule has 370 valence electrons. The van der Waals surface area contributed by atoms with Crippen LogP contribution in [-0.4, -0.2) is 46.9 Å². The van der Waals surface area contributed by atoms with Crippen LogP contribution >= 0.6 is 0 Å². The molecule has 0 bridgehead atoms. The molecule has 3 N–H and O–H groups in total. The monoisotopic (exact) mass is 894 g/mol. The maximum absolute atomic E-state index is 13.2. The van der Waals surface area contributed by atoms with Gasteiger partial charge in [-0.15, -0.1) is 0 Å². The Morgan fingerprint density at radius 2 is 0.859 bits per heavy atom. The quantitative estimate of drug-likeness (QED) is 0.0321. The second-order valence-electron chi connectivity index (χ2n) is 18.4. The fraction of sp³-hybridized carbons (Fsp3) is 0.759. The molecule has 0 aliphatic heterocycles. The molecule has 0 aromatic rings. The topological polar surface area (TPSA) is 95.9 Å². The predicted octanol–water partition coefficient (Wildman–Crippen LogP) is 16.6. The second kappa shape index (κ2) is 51.3. The van der Waals surface area contributed by atoms with E-state index in [0.717, 1.165) is 77.0 Å². The van der Waals surface area contributed by atoms with Crippen LogP contribution < -0.4 is 5.32 Å². The third-order valence-corrected chi connectivity index (χ3v) is 12.1. The molecule has 0 fully saturated rings. The van der Waals surface area contributed by atoms with Crippen molar-refractivity contribution in [3.05, 3.63) is 72.9 Å². The summed E-state index contributed by atoms with van der Waals surface area (Å²) in [5, 5.41) is 23.8. The van der Waals surface area contributed by atoms with Crippen LogP contribution in [0.15, 0.2) is 72.9 Å². The fourth-order valence-corrected chi connectivity index (χ4v) is 8.03. The van der Waals surface area contributed by atoms with Crippen molar-refractivity contribution in [3.8, 4) is 0 Å². The van der Waals surface area contributed by atoms with Crippen LogP contribution in [0.4, 0.5) is 0 Å². The number of allylic oxidation sites excluding steroid dienone is 12. The SMILES string of the molecule is CC/C=C/C=C/C=C\C=C/CCCC(CC(=O)NC(CO)C(O)CCCCCCCCCCCCCCCCCC)OC(=O)CCCCCCC/C=C/C=C/CCCCCCCCC. The van der Waals surface area contributed by atoms with Gasteiger partial charge in [-0.2, -0.15) is 0 Å². The molecule has 0 rings (SSSR count). The van der Waals surface area contributed by atoms with Gasteiger partial charge in [-0.25, -0.2) is 0 Å². The van der Waals surface area contributed by atoms with E-state index in [2.05, 4.69) is 62.5 Å². The van der Waals surface area contributed by atoms with Gasteiger partial charge >= 0.3 is 5.97 Å². The van der Waals surface area contributed by atoms with Crippen LogP contribution in [-0.2, 0) is 14.3 Å². The van der Waals surface area contributed by atoms with Crippen molar-refractivity contribution >= 4 is 11.9 Å². The number of carbonyl (C=O) groups is 2. The number of hydrogen-bond acceptors (Lipinski definition) is 5. The first kappa shape index (κ1) is 61.3. The molecular weight excluding hydrogens is 791 g/mol. The predicted molar refractivity (Wildman–Crippen MR) is 278 cm³/mol. The molecule has 0 saturated heterocycles. The fourth-order valence-electron chi connectivity index (χ4n) is 8.03. The Morgan fingerprint density at radius 1 is 0.469 bits per heavy atom. The van der Waals surface area contributed by atoms with E-state index >= 15 is 0 Å². The zero-order valence-corrected chi connectivity index (χ0v) is 42.1. The van der Waals surface area contributed by atoms with E-state index in [1.54, 1.807) is 0 Å². The highest BCUT2D eigenvalue weighted by Crippen LogP contribution is 2.17. The molecule has 0 aliphatic carbocycles. The summed E-state index contributed by atoms with van der Waals surface area (Å²) >= 11 is 0. The van der Waals surface area contributed by atoms with Crippen LogP contribution in [0.2, 0.25) is 0 Å². The van der Waals surface area contributed by atoms with Gasteiger partial charge in [0.15, 0.2) is 0 Å². The third kappa shape index (κ3) is 45.9. The summed E-state index contributed by atoms with van der Waals surface area (Å²) in [6.45, 7) is 6.32. The Balaban J connectivity index is 4.56. The molecule has 0 radical (unpaired) electrons. The smallest absolute Gasteiger partial charge is 0.306 e. The number of aliphatic hydroxyl groups is 2. The Hall–Kier alpha value is -2.70. The van der Waals surface area contributed by atoms with Crippen molar-refractivity contribution in [3.63, 3.8) is 0 Å². The van der Waals surface area contributed by atoms with E-state index in [1.165, 1.54) is 135 Å². The average Bonchev–Trinajstić information content (AvgIpc) is 3.29. The maximum Gasteiger partial charge on any atom is 0.306 e. The van der Waals surface area contributed by atoms with Gasteiger partial charge in [-0.1, -0.05) is 254 Å². The van der Waals surface area contributed by atoms with E-state index in [-0.39, 0.29) is 24.9 Å². The van der Waals surface area contributed by atoms with Crippen molar-refractivity contribution in [1.82, 2.24) is 5.32 Å². The Bertz CT molecular complexity index is 1190. The summed E-state index contributed by atoms with van der Waals surface area (Å²) in [7, 11) is 0. The number of rotatable bonds is 48. The molecule has 1 amide bonds. The summed E-state index contributed by atoms with van der Waals surface area (Å²) < 4.78 is 5.89. The normalized spacial score (nSPS) is 13.8. The molecule has 0 spiro atoms. The standard InChI is InChI=1S/C58H103NO5/c1-4-7-10-13-16-19-22-24-26-28-29-31-33-36-39-42-45-48-51-58(63)64-54(49-46-43-40-37-34-21-18-15-12-9-6-3)52-57(62)59-55(53-60)56(61)50-47-44-41-38-35-32-30-27-25-23-20-17-14-11-8-5-2/h9,12,15,18,21,26,28-29,31,34,37,40,54-56,60-61H,4-8,10-11,13-14,16-17,19-20,22-25,27,30,32-33,35-36,38-39,41-53H2,1-3H3,(H,59,62)/b12-9+,18-15+,28-26+,31-29+,34-21-,40-37-. The second-order valence-corrected chi connectivity index (χ2v) is 18.4. The van der Waals surface area contributed by atoms with E-state index < -0.39 is 18.2 Å². The van der Waals surface area contributed by atoms with E-state index in [1.807, 2.05) is 36.5 Å². The molecule has 0 aliphatic rings. The number of hydrogen-bond donors (Lipinski definition) is 3. The Kier molecular flexibility index (Phi) is 49.1. The lowest BCUT2D eigenvalue weighted by Crippen LogP contribution is -2.46. The highest BCUT2D eigenvalue weighted by atomic mass is 16.5. The van der Waals surface area contributed by atoms with E-state index in [0.29, 0.717) is 19.3 Å². The lowest BCUT2D eigenvalue weighted by atomic mass is 10.0. The van der Waals surface area contributed by atoms with Gasteiger partial charge < -0.3 is 20.3 Å². The van der Waals surface area contributed by atoms with Crippen LogP contribution in [0.1, 0.15) is 258 Å². The average molecular weight is 894 g/mol. The van der Waals surface area contributed by atoms with Crippen LogP contribution in [0.3, 0.4) is 0 Å². The van der Waals surface area contributed by atoms with Crippen LogP contribution in [0.5, 0.6) is 0 Å². The first-order valence-electron chi connectivity index (χ1n) is 27.2.